The smallest absolute Gasteiger partial charge is 0.145 e. The second-order valence-corrected chi connectivity index (χ2v) is 4.40. The van der Waals surface area contributed by atoms with Crippen molar-refractivity contribution in [1.82, 2.24) is 4.90 Å². The minimum atomic E-state index is 0.430. The molecule has 2 aliphatic rings. The highest BCUT2D eigenvalue weighted by molar-refractivity contribution is 5.61. The first kappa shape index (κ1) is 9.47. The first-order valence-electron chi connectivity index (χ1n) is 5.21. The molecule has 3 heteroatoms. The summed E-state index contributed by atoms with van der Waals surface area (Å²) >= 11 is 0. The van der Waals surface area contributed by atoms with Gasteiger partial charge < -0.3 is 4.90 Å². The van der Waals surface area contributed by atoms with E-state index in [1.165, 1.54) is 0 Å². The summed E-state index contributed by atoms with van der Waals surface area (Å²) in [4.78, 5) is 16.9. The molecule has 0 bridgehead atoms. The van der Waals surface area contributed by atoms with E-state index in [1.54, 1.807) is 0 Å². The van der Waals surface area contributed by atoms with Crippen LogP contribution in [0, 0.1) is 5.41 Å². The monoisotopic (exact) mass is 192 g/mol. The van der Waals surface area contributed by atoms with Crippen molar-refractivity contribution >= 4 is 12.2 Å². The second-order valence-electron chi connectivity index (χ2n) is 4.40. The van der Waals surface area contributed by atoms with E-state index >= 15 is 0 Å². The zero-order chi connectivity index (χ0) is 10.0. The van der Waals surface area contributed by atoms with Crippen LogP contribution >= 0.6 is 0 Å². The van der Waals surface area contributed by atoms with Gasteiger partial charge in [0.15, 0.2) is 0 Å². The third kappa shape index (κ3) is 1.60. The maximum Gasteiger partial charge on any atom is 0.145 e. The van der Waals surface area contributed by atoms with Crippen molar-refractivity contribution in [2.24, 2.45) is 10.4 Å². The second kappa shape index (κ2) is 3.58. The molecule has 0 aromatic rings. The quantitative estimate of drug-likeness (QED) is 0.586. The fourth-order valence-corrected chi connectivity index (χ4v) is 2.32. The van der Waals surface area contributed by atoms with E-state index < -0.39 is 0 Å². The van der Waals surface area contributed by atoms with E-state index in [9.17, 15) is 4.79 Å². The van der Waals surface area contributed by atoms with Crippen LogP contribution < -0.4 is 0 Å². The summed E-state index contributed by atoms with van der Waals surface area (Å²) in [6.07, 6.45) is 5.50. The Bertz CT molecular complexity index is 284. The van der Waals surface area contributed by atoms with Crippen molar-refractivity contribution in [1.29, 1.82) is 0 Å². The van der Waals surface area contributed by atoms with Gasteiger partial charge in [-0.2, -0.15) is 0 Å². The molecule has 0 N–H and O–H groups in total. The number of carbonyl (C=O) groups excluding carboxylic acids is 1. The van der Waals surface area contributed by atoms with Crippen LogP contribution in [0.4, 0.5) is 0 Å². The molecule has 3 nitrogen and oxygen atoms in total. The van der Waals surface area contributed by atoms with Crippen LogP contribution in [-0.2, 0) is 4.79 Å². The first-order chi connectivity index (χ1) is 6.76. The fraction of sp³-hybridized carbons (Fsp3) is 0.727. The van der Waals surface area contributed by atoms with Gasteiger partial charge in [0.2, 0.25) is 0 Å². The predicted molar refractivity (Wildman–Crippen MR) is 56.1 cm³/mol. The average Bonchev–Trinajstić information content (AvgIpc) is 2.67. The summed E-state index contributed by atoms with van der Waals surface area (Å²) in [7, 11) is 0. The molecule has 2 aliphatic heterocycles. The zero-order valence-corrected chi connectivity index (χ0v) is 8.62. The maximum absolute atomic E-state index is 10.5. The molecule has 14 heavy (non-hydrogen) atoms. The summed E-state index contributed by atoms with van der Waals surface area (Å²) in [6, 6.07) is 0. The van der Waals surface area contributed by atoms with Crippen molar-refractivity contribution in [3.8, 4) is 0 Å². The van der Waals surface area contributed by atoms with Crippen LogP contribution in [-0.4, -0.2) is 36.7 Å². The van der Waals surface area contributed by atoms with Gasteiger partial charge in [0, 0.05) is 19.6 Å². The van der Waals surface area contributed by atoms with Crippen molar-refractivity contribution in [3.05, 3.63) is 5.70 Å². The van der Waals surface area contributed by atoms with E-state index in [4.69, 9.17) is 0 Å². The lowest BCUT2D eigenvalue weighted by atomic mass is 9.77. The first-order valence-corrected chi connectivity index (χ1v) is 5.21. The Labute approximate surface area is 84.5 Å². The van der Waals surface area contributed by atoms with E-state index in [-0.39, 0.29) is 0 Å². The molecule has 76 valence electrons. The van der Waals surface area contributed by atoms with Crippen LogP contribution in [0.15, 0.2) is 10.7 Å². The molecule has 1 spiro atoms. The summed E-state index contributed by atoms with van der Waals surface area (Å²) < 4.78 is 0. The molecule has 0 aliphatic carbocycles. The molecule has 0 unspecified atom stereocenters. The molecule has 0 aromatic carbocycles. The molecule has 2 rings (SSSR count). The highest BCUT2D eigenvalue weighted by atomic mass is 16.1. The Morgan fingerprint density at radius 3 is 2.71 bits per heavy atom. The summed E-state index contributed by atoms with van der Waals surface area (Å²) in [5.41, 5.74) is 1.18. The number of allylic oxidation sites excluding steroid dienone is 1. The van der Waals surface area contributed by atoms with Gasteiger partial charge in [-0.3, -0.25) is 4.99 Å². The topological polar surface area (TPSA) is 32.7 Å². The Morgan fingerprint density at radius 1 is 1.50 bits per heavy atom. The average molecular weight is 192 g/mol. The molecule has 0 atom stereocenters. The Balaban J connectivity index is 1.95. The number of aliphatic imine (C=N–C) groups is 1. The van der Waals surface area contributed by atoms with Gasteiger partial charge in [-0.1, -0.05) is 0 Å². The molecule has 0 aromatic heterocycles. The van der Waals surface area contributed by atoms with Crippen LogP contribution in [0.2, 0.25) is 0 Å². The van der Waals surface area contributed by atoms with Gasteiger partial charge in [0.1, 0.15) is 5.94 Å². The molecule has 1 saturated heterocycles. The van der Waals surface area contributed by atoms with Gasteiger partial charge in [-0.25, -0.2) is 4.79 Å². The minimum absolute atomic E-state index is 0.430. The van der Waals surface area contributed by atoms with Crippen molar-refractivity contribution in [2.75, 3.05) is 19.6 Å². The van der Waals surface area contributed by atoms with E-state index in [2.05, 4.69) is 16.1 Å². The summed E-state index contributed by atoms with van der Waals surface area (Å²) in [6.45, 7) is 4.82. The Hall–Kier alpha value is -1.08. The third-order valence-electron chi connectivity index (χ3n) is 3.53. The van der Waals surface area contributed by atoms with Crippen molar-refractivity contribution < 1.29 is 4.79 Å². The Kier molecular flexibility index (Phi) is 2.42. The largest absolute Gasteiger partial charge is 0.366 e. The Morgan fingerprint density at radius 2 is 2.21 bits per heavy atom. The predicted octanol–water partition coefficient (Wildman–Crippen LogP) is 1.28. The summed E-state index contributed by atoms with van der Waals surface area (Å²) in [5.74, 6) is 1.97. The van der Waals surface area contributed by atoms with Gasteiger partial charge in [0.05, 0.1) is 5.70 Å². The molecule has 0 radical (unpaired) electrons. The molecular weight excluding hydrogens is 176 g/mol. The maximum atomic E-state index is 10.5. The number of hydrogen-bond acceptors (Lipinski definition) is 3. The standard InChI is InChI=1S/C11H16N2O/c1-10(8-14)13-6-3-11(4-7-13)2-5-12-9-11/h5H,2-4,6-7,9H2,1H3. The van der Waals surface area contributed by atoms with Gasteiger partial charge in [-0.05, 0) is 37.8 Å². The van der Waals surface area contributed by atoms with Crippen molar-refractivity contribution in [2.45, 2.75) is 26.2 Å². The number of rotatable bonds is 1. The molecule has 0 saturated carbocycles. The zero-order valence-electron chi connectivity index (χ0n) is 8.62. The van der Waals surface area contributed by atoms with Crippen LogP contribution in [0.1, 0.15) is 26.2 Å². The van der Waals surface area contributed by atoms with Crippen LogP contribution in [0.5, 0.6) is 0 Å². The normalized spacial score (nSPS) is 23.9. The molecule has 0 amide bonds. The SMILES string of the molecule is CC(=C=O)N1CCC2(CC=NC2)CC1. The van der Waals surface area contributed by atoms with Gasteiger partial charge in [0.25, 0.3) is 0 Å². The molecule has 2 heterocycles. The van der Waals surface area contributed by atoms with Gasteiger partial charge >= 0.3 is 0 Å². The lowest BCUT2D eigenvalue weighted by Gasteiger charge is -2.39. The highest BCUT2D eigenvalue weighted by Crippen LogP contribution is 2.37. The molecule has 1 fully saturated rings. The number of hydrogen-bond donors (Lipinski definition) is 0. The van der Waals surface area contributed by atoms with Crippen LogP contribution in [0.25, 0.3) is 0 Å². The van der Waals surface area contributed by atoms with E-state index in [1.807, 2.05) is 12.9 Å². The van der Waals surface area contributed by atoms with Gasteiger partial charge in [-0.15, -0.1) is 0 Å². The third-order valence-corrected chi connectivity index (χ3v) is 3.53. The van der Waals surface area contributed by atoms with E-state index in [0.29, 0.717) is 5.41 Å². The minimum Gasteiger partial charge on any atom is -0.366 e. The lowest BCUT2D eigenvalue weighted by molar-refractivity contribution is 0.150. The highest BCUT2D eigenvalue weighted by Gasteiger charge is 2.35. The van der Waals surface area contributed by atoms with Crippen molar-refractivity contribution in [3.63, 3.8) is 0 Å². The van der Waals surface area contributed by atoms with Crippen LogP contribution in [0.3, 0.4) is 0 Å². The summed E-state index contributed by atoms with van der Waals surface area (Å²) in [5, 5.41) is 0. The fourth-order valence-electron chi connectivity index (χ4n) is 2.32. The lowest BCUT2D eigenvalue weighted by Crippen LogP contribution is -2.39. The number of nitrogens with zero attached hydrogens (tertiary/aromatic N) is 2. The molecular formula is C11H16N2O. The number of likely N-dealkylation sites (tertiary alicyclic amines) is 1. The van der Waals surface area contributed by atoms with E-state index in [0.717, 1.165) is 44.6 Å². The number of piperidine rings is 1.